The molecule has 0 aliphatic carbocycles. The summed E-state index contributed by atoms with van der Waals surface area (Å²) in [4.78, 5) is 4.52. The summed E-state index contributed by atoms with van der Waals surface area (Å²) in [6.45, 7) is 5.11. The van der Waals surface area contributed by atoms with Gasteiger partial charge < -0.3 is 5.32 Å². The second-order valence-corrected chi connectivity index (χ2v) is 4.84. The van der Waals surface area contributed by atoms with Gasteiger partial charge in [-0.1, -0.05) is 32.0 Å². The molecule has 0 amide bonds. The Labute approximate surface area is 120 Å². The van der Waals surface area contributed by atoms with Crippen molar-refractivity contribution in [2.75, 3.05) is 6.54 Å². The van der Waals surface area contributed by atoms with Crippen LogP contribution in [0.15, 0.2) is 42.6 Å². The zero-order chi connectivity index (χ0) is 14.4. The molecule has 20 heavy (non-hydrogen) atoms. The highest BCUT2D eigenvalue weighted by molar-refractivity contribution is 5.33. The van der Waals surface area contributed by atoms with Crippen LogP contribution in [0, 0.1) is 5.82 Å². The van der Waals surface area contributed by atoms with Crippen LogP contribution in [0.25, 0.3) is 0 Å². The number of pyridine rings is 1. The van der Waals surface area contributed by atoms with Gasteiger partial charge in [-0.05, 0) is 48.7 Å². The van der Waals surface area contributed by atoms with Gasteiger partial charge in [-0.3, -0.25) is 4.98 Å². The molecule has 0 fully saturated rings. The van der Waals surface area contributed by atoms with Crippen molar-refractivity contribution in [3.8, 4) is 0 Å². The molecule has 1 aromatic heterocycles. The Hall–Kier alpha value is -1.74. The standard InChI is InChI=1S/C17H21FN2/c1-3-10-19-17(14-7-5-9-15(18)12-14)16-13(4-2)8-6-11-20-16/h5-9,11-12,17,19H,3-4,10H2,1-2H3. The van der Waals surface area contributed by atoms with Crippen LogP contribution in [0.4, 0.5) is 4.39 Å². The number of rotatable bonds is 6. The average Bonchev–Trinajstić information content (AvgIpc) is 2.48. The van der Waals surface area contributed by atoms with E-state index in [1.807, 2.05) is 12.1 Å². The van der Waals surface area contributed by atoms with Gasteiger partial charge in [-0.25, -0.2) is 4.39 Å². The molecule has 1 unspecified atom stereocenters. The maximum Gasteiger partial charge on any atom is 0.123 e. The Bertz CT molecular complexity index is 554. The molecular weight excluding hydrogens is 251 g/mol. The summed E-state index contributed by atoms with van der Waals surface area (Å²) >= 11 is 0. The number of nitrogens with one attached hydrogen (secondary N) is 1. The van der Waals surface area contributed by atoms with E-state index >= 15 is 0 Å². The highest BCUT2D eigenvalue weighted by Crippen LogP contribution is 2.24. The van der Waals surface area contributed by atoms with Crippen LogP contribution in [-0.4, -0.2) is 11.5 Å². The van der Waals surface area contributed by atoms with Crippen LogP contribution in [0.1, 0.15) is 43.1 Å². The predicted molar refractivity (Wildman–Crippen MR) is 80.2 cm³/mol. The smallest absolute Gasteiger partial charge is 0.123 e. The summed E-state index contributed by atoms with van der Waals surface area (Å²) in [5.41, 5.74) is 3.12. The van der Waals surface area contributed by atoms with Crippen molar-refractivity contribution in [2.24, 2.45) is 0 Å². The van der Waals surface area contributed by atoms with Gasteiger partial charge in [-0.15, -0.1) is 0 Å². The Balaban J connectivity index is 2.41. The zero-order valence-corrected chi connectivity index (χ0v) is 12.1. The fourth-order valence-electron chi connectivity index (χ4n) is 2.36. The number of hydrogen-bond acceptors (Lipinski definition) is 2. The molecule has 106 valence electrons. The van der Waals surface area contributed by atoms with Gasteiger partial charge in [-0.2, -0.15) is 0 Å². The summed E-state index contributed by atoms with van der Waals surface area (Å²) in [6.07, 6.45) is 3.75. The minimum Gasteiger partial charge on any atom is -0.305 e. The van der Waals surface area contributed by atoms with E-state index < -0.39 is 0 Å². The van der Waals surface area contributed by atoms with Gasteiger partial charge in [0.05, 0.1) is 11.7 Å². The maximum absolute atomic E-state index is 13.5. The Morgan fingerprint density at radius 1 is 1.20 bits per heavy atom. The number of aromatic nitrogens is 1. The molecule has 2 nitrogen and oxygen atoms in total. The molecule has 0 saturated heterocycles. The highest BCUT2D eigenvalue weighted by Gasteiger charge is 2.17. The molecule has 0 radical (unpaired) electrons. The third-order valence-electron chi connectivity index (χ3n) is 3.36. The van der Waals surface area contributed by atoms with Crippen LogP contribution >= 0.6 is 0 Å². The molecule has 2 rings (SSSR count). The lowest BCUT2D eigenvalue weighted by molar-refractivity contribution is 0.572. The Kier molecular flexibility index (Phi) is 5.24. The lowest BCUT2D eigenvalue weighted by Crippen LogP contribution is -2.25. The number of nitrogens with zero attached hydrogens (tertiary/aromatic N) is 1. The third kappa shape index (κ3) is 3.42. The first kappa shape index (κ1) is 14.7. The zero-order valence-electron chi connectivity index (χ0n) is 12.1. The number of hydrogen-bond donors (Lipinski definition) is 1. The SMILES string of the molecule is CCCNC(c1cccc(F)c1)c1ncccc1CC. The topological polar surface area (TPSA) is 24.9 Å². The Morgan fingerprint density at radius 2 is 2.05 bits per heavy atom. The van der Waals surface area contributed by atoms with Crippen molar-refractivity contribution in [1.29, 1.82) is 0 Å². The number of halogens is 1. The second kappa shape index (κ2) is 7.15. The van der Waals surface area contributed by atoms with E-state index in [0.717, 1.165) is 30.6 Å². The van der Waals surface area contributed by atoms with E-state index in [1.165, 1.54) is 11.6 Å². The summed E-state index contributed by atoms with van der Waals surface area (Å²) < 4.78 is 13.5. The minimum absolute atomic E-state index is 0.0539. The molecule has 0 spiro atoms. The number of benzene rings is 1. The molecule has 2 aromatic rings. The van der Waals surface area contributed by atoms with Crippen molar-refractivity contribution >= 4 is 0 Å². The second-order valence-electron chi connectivity index (χ2n) is 4.84. The van der Waals surface area contributed by atoms with Crippen LogP contribution in [0.5, 0.6) is 0 Å². The fourth-order valence-corrected chi connectivity index (χ4v) is 2.36. The highest BCUT2D eigenvalue weighted by atomic mass is 19.1. The van der Waals surface area contributed by atoms with Crippen molar-refractivity contribution in [3.05, 3.63) is 65.2 Å². The first-order chi connectivity index (χ1) is 9.76. The molecule has 0 saturated carbocycles. The first-order valence-electron chi connectivity index (χ1n) is 7.18. The molecular formula is C17H21FN2. The largest absolute Gasteiger partial charge is 0.305 e. The normalized spacial score (nSPS) is 12.3. The predicted octanol–water partition coefficient (Wildman–Crippen LogP) is 3.87. The minimum atomic E-state index is -0.209. The molecule has 1 aromatic carbocycles. The van der Waals surface area contributed by atoms with E-state index in [9.17, 15) is 4.39 Å². The van der Waals surface area contributed by atoms with Gasteiger partial charge >= 0.3 is 0 Å². The van der Waals surface area contributed by atoms with Crippen molar-refractivity contribution < 1.29 is 4.39 Å². The Morgan fingerprint density at radius 3 is 2.75 bits per heavy atom. The monoisotopic (exact) mass is 272 g/mol. The van der Waals surface area contributed by atoms with Crippen LogP contribution in [0.3, 0.4) is 0 Å². The summed E-state index contributed by atoms with van der Waals surface area (Å²) in [5, 5.41) is 3.47. The molecule has 1 N–H and O–H groups in total. The summed E-state index contributed by atoms with van der Waals surface area (Å²) in [6, 6.07) is 10.7. The first-order valence-corrected chi connectivity index (χ1v) is 7.18. The van der Waals surface area contributed by atoms with E-state index in [1.54, 1.807) is 18.3 Å². The third-order valence-corrected chi connectivity index (χ3v) is 3.36. The molecule has 0 aliphatic rings. The summed E-state index contributed by atoms with van der Waals surface area (Å²) in [5.74, 6) is -0.209. The lowest BCUT2D eigenvalue weighted by Gasteiger charge is -2.21. The lowest BCUT2D eigenvalue weighted by atomic mass is 9.98. The summed E-state index contributed by atoms with van der Waals surface area (Å²) in [7, 11) is 0. The van der Waals surface area contributed by atoms with Gasteiger partial charge in [0, 0.05) is 6.20 Å². The van der Waals surface area contributed by atoms with E-state index in [2.05, 4.69) is 30.2 Å². The van der Waals surface area contributed by atoms with Crippen LogP contribution < -0.4 is 5.32 Å². The van der Waals surface area contributed by atoms with Crippen LogP contribution in [-0.2, 0) is 6.42 Å². The molecule has 3 heteroatoms. The van der Waals surface area contributed by atoms with E-state index in [0.29, 0.717) is 0 Å². The van der Waals surface area contributed by atoms with E-state index in [4.69, 9.17) is 0 Å². The number of aryl methyl sites for hydroxylation is 1. The molecule has 0 aliphatic heterocycles. The van der Waals surface area contributed by atoms with Crippen molar-refractivity contribution in [2.45, 2.75) is 32.7 Å². The van der Waals surface area contributed by atoms with Gasteiger partial charge in [0.25, 0.3) is 0 Å². The van der Waals surface area contributed by atoms with E-state index in [-0.39, 0.29) is 11.9 Å². The molecule has 1 heterocycles. The van der Waals surface area contributed by atoms with Crippen LogP contribution in [0.2, 0.25) is 0 Å². The van der Waals surface area contributed by atoms with Gasteiger partial charge in [0.1, 0.15) is 5.82 Å². The quantitative estimate of drug-likeness (QED) is 0.863. The molecule has 1 atom stereocenters. The fraction of sp³-hybridized carbons (Fsp3) is 0.353. The average molecular weight is 272 g/mol. The van der Waals surface area contributed by atoms with Crippen molar-refractivity contribution in [1.82, 2.24) is 10.3 Å². The molecule has 0 bridgehead atoms. The van der Waals surface area contributed by atoms with Gasteiger partial charge in [0.2, 0.25) is 0 Å². The maximum atomic E-state index is 13.5. The van der Waals surface area contributed by atoms with Crippen molar-refractivity contribution in [3.63, 3.8) is 0 Å². The van der Waals surface area contributed by atoms with Gasteiger partial charge in [0.15, 0.2) is 0 Å².